The fourth-order valence-corrected chi connectivity index (χ4v) is 4.53. The van der Waals surface area contributed by atoms with Crippen molar-refractivity contribution in [3.8, 4) is 0 Å². The molecule has 1 saturated heterocycles. The van der Waals surface area contributed by atoms with Crippen molar-refractivity contribution in [1.29, 1.82) is 0 Å². The molecule has 1 aliphatic rings. The maximum atomic E-state index is 13.3. The van der Waals surface area contributed by atoms with Crippen LogP contribution in [0.1, 0.15) is 42.6 Å². The number of hydrogen-bond donors (Lipinski definition) is 2. The molecule has 38 heavy (non-hydrogen) atoms. The molecule has 1 fully saturated rings. The minimum atomic E-state index is -4.96. The SMILES string of the molecule is O=C(NCc1cc(C(F)(F)F)cc(C(F)(F)F)c1)C(c1ccccc1)N1CCC(Nc2ccccn2)CC1.[HH]. The Morgan fingerprint density at radius 3 is 2.08 bits per heavy atom. The molecule has 4 rings (SSSR count). The first-order chi connectivity index (χ1) is 18.0. The summed E-state index contributed by atoms with van der Waals surface area (Å²) < 4.78 is 79.4. The van der Waals surface area contributed by atoms with Crippen LogP contribution in [0.5, 0.6) is 0 Å². The summed E-state index contributed by atoms with van der Waals surface area (Å²) in [4.78, 5) is 19.6. The van der Waals surface area contributed by atoms with E-state index in [2.05, 4.69) is 15.6 Å². The summed E-state index contributed by atoms with van der Waals surface area (Å²) in [6, 6.07) is 15.2. The lowest BCUT2D eigenvalue weighted by Crippen LogP contribution is -2.46. The Morgan fingerprint density at radius 2 is 1.53 bits per heavy atom. The van der Waals surface area contributed by atoms with Crippen molar-refractivity contribution in [2.24, 2.45) is 0 Å². The number of nitrogens with one attached hydrogen (secondary N) is 2. The van der Waals surface area contributed by atoms with Gasteiger partial charge in [0, 0.05) is 33.3 Å². The zero-order valence-corrected chi connectivity index (χ0v) is 20.2. The first-order valence-electron chi connectivity index (χ1n) is 12.0. The van der Waals surface area contributed by atoms with Gasteiger partial charge in [-0.3, -0.25) is 9.69 Å². The van der Waals surface area contributed by atoms with E-state index in [4.69, 9.17) is 0 Å². The van der Waals surface area contributed by atoms with E-state index >= 15 is 0 Å². The highest BCUT2D eigenvalue weighted by molar-refractivity contribution is 5.83. The molecule has 2 N–H and O–H groups in total. The quantitative estimate of drug-likeness (QED) is 0.347. The van der Waals surface area contributed by atoms with Crippen molar-refractivity contribution in [3.63, 3.8) is 0 Å². The van der Waals surface area contributed by atoms with Crippen LogP contribution in [-0.2, 0) is 23.7 Å². The third-order valence-corrected chi connectivity index (χ3v) is 6.39. The van der Waals surface area contributed by atoms with Gasteiger partial charge in [-0.25, -0.2) is 4.98 Å². The van der Waals surface area contributed by atoms with Gasteiger partial charge in [0.15, 0.2) is 0 Å². The van der Waals surface area contributed by atoms with Gasteiger partial charge in [-0.1, -0.05) is 36.4 Å². The normalized spacial score (nSPS) is 16.2. The zero-order valence-electron chi connectivity index (χ0n) is 20.2. The summed E-state index contributed by atoms with van der Waals surface area (Å²) in [7, 11) is 0. The Kier molecular flexibility index (Phi) is 8.25. The van der Waals surface area contributed by atoms with Gasteiger partial charge in [-0.15, -0.1) is 0 Å². The molecule has 0 radical (unpaired) electrons. The number of aromatic nitrogens is 1. The lowest BCUT2D eigenvalue weighted by molar-refractivity contribution is -0.143. The first kappa shape index (κ1) is 27.4. The van der Waals surface area contributed by atoms with E-state index in [0.29, 0.717) is 30.8 Å². The van der Waals surface area contributed by atoms with Crippen molar-refractivity contribution in [3.05, 3.63) is 95.2 Å². The Labute approximate surface area is 217 Å². The number of alkyl halides is 6. The molecule has 1 aliphatic heterocycles. The van der Waals surface area contributed by atoms with Gasteiger partial charge in [0.25, 0.3) is 0 Å². The number of halogens is 6. The van der Waals surface area contributed by atoms with Gasteiger partial charge >= 0.3 is 12.4 Å². The van der Waals surface area contributed by atoms with Crippen LogP contribution in [0, 0.1) is 0 Å². The van der Waals surface area contributed by atoms with Crippen molar-refractivity contribution >= 4 is 11.7 Å². The average Bonchev–Trinajstić information content (AvgIpc) is 2.89. The number of carbonyl (C=O) groups excluding carboxylic acids is 1. The molecular formula is C27H28F6N4O. The fraction of sp³-hybridized carbons (Fsp3) is 0.333. The monoisotopic (exact) mass is 538 g/mol. The second-order valence-corrected chi connectivity index (χ2v) is 9.11. The molecule has 0 saturated carbocycles. The molecule has 2 aromatic carbocycles. The molecule has 1 atom stereocenters. The number of pyridine rings is 1. The number of carbonyl (C=O) groups is 1. The van der Waals surface area contributed by atoms with Gasteiger partial charge in [0.1, 0.15) is 11.9 Å². The second kappa shape index (κ2) is 11.4. The summed E-state index contributed by atoms with van der Waals surface area (Å²) in [5, 5.41) is 5.93. The van der Waals surface area contributed by atoms with Crippen molar-refractivity contribution in [2.45, 2.75) is 43.8 Å². The second-order valence-electron chi connectivity index (χ2n) is 9.11. The number of nitrogens with zero attached hydrogens (tertiary/aromatic N) is 2. The van der Waals surface area contributed by atoms with Crippen LogP contribution >= 0.6 is 0 Å². The molecule has 0 bridgehead atoms. The van der Waals surface area contributed by atoms with Crippen LogP contribution in [0.25, 0.3) is 0 Å². The van der Waals surface area contributed by atoms with E-state index in [1.54, 1.807) is 36.5 Å². The Morgan fingerprint density at radius 1 is 0.921 bits per heavy atom. The maximum absolute atomic E-state index is 13.3. The summed E-state index contributed by atoms with van der Waals surface area (Å²) >= 11 is 0. The number of benzene rings is 2. The van der Waals surface area contributed by atoms with E-state index in [0.717, 1.165) is 18.7 Å². The number of amides is 1. The lowest BCUT2D eigenvalue weighted by atomic mass is 9.98. The predicted molar refractivity (Wildman–Crippen MR) is 132 cm³/mol. The first-order valence-corrected chi connectivity index (χ1v) is 12.0. The average molecular weight is 539 g/mol. The van der Waals surface area contributed by atoms with Crippen molar-refractivity contribution < 1.29 is 32.6 Å². The molecule has 1 unspecified atom stereocenters. The number of piperidine rings is 1. The minimum absolute atomic E-state index is 0. The predicted octanol–water partition coefficient (Wildman–Crippen LogP) is 6.30. The minimum Gasteiger partial charge on any atom is -0.367 e. The van der Waals surface area contributed by atoms with Crippen LogP contribution in [0.2, 0.25) is 0 Å². The van der Waals surface area contributed by atoms with Crippen LogP contribution in [0.4, 0.5) is 32.2 Å². The number of hydrogen-bond acceptors (Lipinski definition) is 4. The van der Waals surface area contributed by atoms with Gasteiger partial charge in [0.05, 0.1) is 11.1 Å². The Balaban J connectivity index is 0.00000420. The molecule has 204 valence electrons. The molecule has 1 amide bonds. The summed E-state index contributed by atoms with van der Waals surface area (Å²) in [5.41, 5.74) is -2.44. The third-order valence-electron chi connectivity index (χ3n) is 6.39. The number of rotatable bonds is 7. The van der Waals surface area contributed by atoms with Crippen molar-refractivity contribution in [1.82, 2.24) is 15.2 Å². The topological polar surface area (TPSA) is 57.3 Å². The molecule has 2 heterocycles. The Hall–Kier alpha value is -3.60. The van der Waals surface area contributed by atoms with E-state index in [9.17, 15) is 31.1 Å². The van der Waals surface area contributed by atoms with Crippen LogP contribution in [0.15, 0.2) is 72.9 Å². The fourth-order valence-electron chi connectivity index (χ4n) is 4.53. The third kappa shape index (κ3) is 7.03. The molecule has 3 aromatic rings. The molecule has 0 aliphatic carbocycles. The van der Waals surface area contributed by atoms with E-state index in [-0.39, 0.29) is 19.1 Å². The standard InChI is InChI=1S/C27H26F6N4O.H2/c28-26(29,30)20-14-18(15-21(16-20)27(31,32)33)17-35-25(38)24(19-6-2-1-3-7-19)37-12-9-22(10-13-37)36-23-8-4-5-11-34-23;/h1-8,11,14-16,22,24H,9-10,12-13,17H2,(H,34,36)(H,35,38);1H. The van der Waals surface area contributed by atoms with Gasteiger partial charge < -0.3 is 10.6 Å². The Bertz CT molecular complexity index is 1180. The summed E-state index contributed by atoms with van der Waals surface area (Å²) in [6.07, 6.45) is -6.79. The highest BCUT2D eigenvalue weighted by Gasteiger charge is 2.37. The van der Waals surface area contributed by atoms with Crippen LogP contribution in [0.3, 0.4) is 0 Å². The van der Waals surface area contributed by atoms with E-state index in [1.807, 2.05) is 23.1 Å². The molecule has 0 spiro atoms. The summed E-state index contributed by atoms with van der Waals surface area (Å²) in [6.45, 7) is 0.630. The highest BCUT2D eigenvalue weighted by atomic mass is 19.4. The smallest absolute Gasteiger partial charge is 0.367 e. The molecule has 11 heteroatoms. The van der Waals surface area contributed by atoms with Gasteiger partial charge in [-0.2, -0.15) is 26.3 Å². The van der Waals surface area contributed by atoms with Gasteiger partial charge in [-0.05, 0) is 54.3 Å². The number of anilines is 1. The highest BCUT2D eigenvalue weighted by Crippen LogP contribution is 2.36. The number of likely N-dealkylation sites (tertiary alicyclic amines) is 1. The zero-order chi connectivity index (χ0) is 27.3. The summed E-state index contributed by atoms with van der Waals surface area (Å²) in [5.74, 6) is 0.251. The molecular weight excluding hydrogens is 510 g/mol. The molecule has 1 aromatic heterocycles. The van der Waals surface area contributed by atoms with Crippen LogP contribution in [-0.4, -0.2) is 34.9 Å². The van der Waals surface area contributed by atoms with Crippen LogP contribution < -0.4 is 10.6 Å². The van der Waals surface area contributed by atoms with E-state index in [1.165, 1.54) is 0 Å². The van der Waals surface area contributed by atoms with Gasteiger partial charge in [0.2, 0.25) is 5.91 Å². The lowest BCUT2D eigenvalue weighted by Gasteiger charge is -2.37. The maximum Gasteiger partial charge on any atom is 0.416 e. The van der Waals surface area contributed by atoms with Crippen molar-refractivity contribution in [2.75, 3.05) is 18.4 Å². The van der Waals surface area contributed by atoms with E-state index < -0.39 is 42.0 Å². The largest absolute Gasteiger partial charge is 0.416 e. The molecule has 5 nitrogen and oxygen atoms in total.